The number of nitrogens with zero attached hydrogens (tertiary/aromatic N) is 4. The zero-order valence-corrected chi connectivity index (χ0v) is 15.5. The van der Waals surface area contributed by atoms with Crippen LogP contribution in [0.3, 0.4) is 0 Å². The Morgan fingerprint density at radius 2 is 1.86 bits per heavy atom. The average molecular weight is 390 g/mol. The Labute approximate surface area is 161 Å². The van der Waals surface area contributed by atoms with Crippen LogP contribution in [0.5, 0.6) is 0 Å². The fourth-order valence-electron chi connectivity index (χ4n) is 3.45. The molecule has 1 aliphatic carbocycles. The Kier molecular flexibility index (Phi) is 4.72. The van der Waals surface area contributed by atoms with E-state index in [-0.39, 0.29) is 5.91 Å². The number of hydrogen-bond acceptors (Lipinski definition) is 4. The summed E-state index contributed by atoms with van der Waals surface area (Å²) in [6, 6.07) is 5.31. The van der Waals surface area contributed by atoms with Gasteiger partial charge in [-0.2, -0.15) is 13.2 Å². The predicted molar refractivity (Wildman–Crippen MR) is 98.3 cm³/mol. The number of aryl methyl sites for hydroxylation is 1. The van der Waals surface area contributed by atoms with Crippen LogP contribution in [0.2, 0.25) is 0 Å². The van der Waals surface area contributed by atoms with Crippen LogP contribution in [0, 0.1) is 6.92 Å². The number of rotatable bonds is 3. The molecule has 1 aliphatic heterocycles. The van der Waals surface area contributed by atoms with Gasteiger partial charge < -0.3 is 9.80 Å². The predicted octanol–water partition coefficient (Wildman–Crippen LogP) is 3.64. The molecular weight excluding hydrogens is 369 g/mol. The van der Waals surface area contributed by atoms with Crippen molar-refractivity contribution < 1.29 is 18.0 Å². The SMILES string of the molecule is Cc1nc(C2CC2)ncc1C(=O)N1CCN(c2cccc(C(F)(F)F)c2)CC1. The van der Waals surface area contributed by atoms with Crippen molar-refractivity contribution in [2.75, 3.05) is 31.1 Å². The molecule has 1 saturated heterocycles. The molecule has 2 fully saturated rings. The van der Waals surface area contributed by atoms with Crippen molar-refractivity contribution in [3.8, 4) is 0 Å². The average Bonchev–Trinajstić information content (AvgIpc) is 3.52. The first-order chi connectivity index (χ1) is 13.3. The molecule has 0 unspecified atom stereocenters. The number of piperazine rings is 1. The first kappa shape index (κ1) is 18.7. The third kappa shape index (κ3) is 3.81. The number of aromatic nitrogens is 2. The molecule has 0 spiro atoms. The molecule has 28 heavy (non-hydrogen) atoms. The fraction of sp³-hybridized carbons (Fsp3) is 0.450. The van der Waals surface area contributed by atoms with Gasteiger partial charge in [0.1, 0.15) is 5.82 Å². The number of amides is 1. The van der Waals surface area contributed by atoms with Gasteiger partial charge in [-0.05, 0) is 38.0 Å². The third-order valence-corrected chi connectivity index (χ3v) is 5.28. The molecule has 8 heteroatoms. The molecular formula is C20H21F3N4O. The second-order valence-corrected chi connectivity index (χ2v) is 7.33. The lowest BCUT2D eigenvalue weighted by atomic mass is 10.1. The van der Waals surface area contributed by atoms with Crippen molar-refractivity contribution in [2.24, 2.45) is 0 Å². The van der Waals surface area contributed by atoms with Crippen molar-refractivity contribution in [2.45, 2.75) is 31.9 Å². The van der Waals surface area contributed by atoms with Gasteiger partial charge in [0.2, 0.25) is 0 Å². The van der Waals surface area contributed by atoms with E-state index in [9.17, 15) is 18.0 Å². The largest absolute Gasteiger partial charge is 0.416 e. The molecule has 2 aromatic rings. The normalized spacial score (nSPS) is 17.7. The van der Waals surface area contributed by atoms with Crippen molar-refractivity contribution in [3.05, 3.63) is 53.1 Å². The molecule has 0 atom stereocenters. The molecule has 1 aromatic heterocycles. The highest BCUT2D eigenvalue weighted by Crippen LogP contribution is 2.38. The van der Waals surface area contributed by atoms with Gasteiger partial charge in [0.15, 0.2) is 0 Å². The number of benzene rings is 1. The van der Waals surface area contributed by atoms with E-state index in [4.69, 9.17) is 0 Å². The minimum atomic E-state index is -4.36. The smallest absolute Gasteiger partial charge is 0.368 e. The maximum Gasteiger partial charge on any atom is 0.416 e. The number of hydrogen-bond donors (Lipinski definition) is 0. The van der Waals surface area contributed by atoms with Crippen LogP contribution in [-0.2, 0) is 6.18 Å². The Morgan fingerprint density at radius 3 is 2.46 bits per heavy atom. The van der Waals surface area contributed by atoms with Gasteiger partial charge in [-0.15, -0.1) is 0 Å². The summed E-state index contributed by atoms with van der Waals surface area (Å²) in [5.41, 5.74) is 1.04. The molecule has 0 bridgehead atoms. The monoisotopic (exact) mass is 390 g/mol. The van der Waals surface area contributed by atoms with Crippen LogP contribution in [0.25, 0.3) is 0 Å². The van der Waals surface area contributed by atoms with Crippen LogP contribution in [0.1, 0.15) is 46.2 Å². The van der Waals surface area contributed by atoms with Crippen molar-refractivity contribution >= 4 is 11.6 Å². The van der Waals surface area contributed by atoms with Crippen molar-refractivity contribution in [1.29, 1.82) is 0 Å². The maximum atomic E-state index is 12.9. The lowest BCUT2D eigenvalue weighted by Gasteiger charge is -2.36. The summed E-state index contributed by atoms with van der Waals surface area (Å²) in [5, 5.41) is 0. The minimum absolute atomic E-state index is 0.122. The van der Waals surface area contributed by atoms with Crippen LogP contribution in [-0.4, -0.2) is 47.0 Å². The van der Waals surface area contributed by atoms with E-state index < -0.39 is 11.7 Å². The van der Waals surface area contributed by atoms with E-state index in [1.54, 1.807) is 17.2 Å². The molecule has 1 amide bonds. The highest BCUT2D eigenvalue weighted by Gasteiger charge is 2.32. The van der Waals surface area contributed by atoms with Gasteiger partial charge in [0, 0.05) is 44.0 Å². The third-order valence-electron chi connectivity index (χ3n) is 5.28. The van der Waals surface area contributed by atoms with E-state index >= 15 is 0 Å². The van der Waals surface area contributed by atoms with E-state index in [1.165, 1.54) is 6.07 Å². The zero-order chi connectivity index (χ0) is 19.9. The van der Waals surface area contributed by atoms with Crippen LogP contribution in [0.4, 0.5) is 18.9 Å². The molecule has 148 valence electrons. The molecule has 1 saturated carbocycles. The molecule has 5 nitrogen and oxygen atoms in total. The quantitative estimate of drug-likeness (QED) is 0.803. The molecule has 1 aromatic carbocycles. The summed E-state index contributed by atoms with van der Waals surface area (Å²) >= 11 is 0. The first-order valence-corrected chi connectivity index (χ1v) is 9.38. The van der Waals surface area contributed by atoms with Gasteiger partial charge in [-0.25, -0.2) is 9.97 Å². The van der Waals surface area contributed by atoms with E-state index in [1.807, 2.05) is 11.8 Å². The summed E-state index contributed by atoms with van der Waals surface area (Å²) in [6.07, 6.45) is -0.552. The van der Waals surface area contributed by atoms with E-state index in [2.05, 4.69) is 9.97 Å². The van der Waals surface area contributed by atoms with Crippen molar-refractivity contribution in [3.63, 3.8) is 0 Å². The Hall–Kier alpha value is -2.64. The summed E-state index contributed by atoms with van der Waals surface area (Å²) < 4.78 is 38.8. The Balaban J connectivity index is 1.42. The number of anilines is 1. The number of carbonyl (C=O) groups excluding carboxylic acids is 1. The number of halogens is 3. The number of carbonyl (C=O) groups is 1. The first-order valence-electron chi connectivity index (χ1n) is 9.38. The maximum absolute atomic E-state index is 12.9. The molecule has 0 radical (unpaired) electrons. The van der Waals surface area contributed by atoms with E-state index in [0.717, 1.165) is 30.8 Å². The van der Waals surface area contributed by atoms with E-state index in [0.29, 0.717) is 49.0 Å². The fourth-order valence-corrected chi connectivity index (χ4v) is 3.45. The summed E-state index contributed by atoms with van der Waals surface area (Å²) in [6.45, 7) is 3.66. The second-order valence-electron chi connectivity index (χ2n) is 7.33. The van der Waals surface area contributed by atoms with Gasteiger partial charge in [-0.1, -0.05) is 6.07 Å². The summed E-state index contributed by atoms with van der Waals surface area (Å²) in [5.74, 6) is 1.12. The lowest BCUT2D eigenvalue weighted by molar-refractivity contribution is -0.137. The Morgan fingerprint density at radius 1 is 1.14 bits per heavy atom. The van der Waals surface area contributed by atoms with Crippen LogP contribution >= 0.6 is 0 Å². The summed E-state index contributed by atoms with van der Waals surface area (Å²) in [7, 11) is 0. The second kappa shape index (κ2) is 7.07. The van der Waals surface area contributed by atoms with Crippen LogP contribution in [0.15, 0.2) is 30.5 Å². The topological polar surface area (TPSA) is 49.3 Å². The standard InChI is InChI=1S/C20H21F3N4O/c1-13-17(12-24-18(25-13)14-5-6-14)19(28)27-9-7-26(8-10-27)16-4-2-3-15(11-16)20(21,22)23/h2-4,11-12,14H,5-10H2,1H3. The number of alkyl halides is 3. The van der Waals surface area contributed by atoms with Gasteiger partial charge in [0.05, 0.1) is 16.8 Å². The molecule has 0 N–H and O–H groups in total. The minimum Gasteiger partial charge on any atom is -0.368 e. The molecule has 2 heterocycles. The van der Waals surface area contributed by atoms with Gasteiger partial charge >= 0.3 is 6.18 Å². The highest BCUT2D eigenvalue weighted by molar-refractivity contribution is 5.95. The van der Waals surface area contributed by atoms with Gasteiger partial charge in [-0.3, -0.25) is 4.79 Å². The van der Waals surface area contributed by atoms with Crippen molar-refractivity contribution in [1.82, 2.24) is 14.9 Å². The molecule has 4 rings (SSSR count). The zero-order valence-electron chi connectivity index (χ0n) is 15.5. The van der Waals surface area contributed by atoms with Gasteiger partial charge in [0.25, 0.3) is 5.91 Å². The van der Waals surface area contributed by atoms with Crippen LogP contribution < -0.4 is 4.90 Å². The lowest BCUT2D eigenvalue weighted by Crippen LogP contribution is -2.49. The Bertz CT molecular complexity index is 887. The highest BCUT2D eigenvalue weighted by atomic mass is 19.4. The molecule has 2 aliphatic rings. The summed E-state index contributed by atoms with van der Waals surface area (Å²) in [4.78, 5) is 25.2.